The van der Waals surface area contributed by atoms with Crippen LogP contribution in [0.15, 0.2) is 18.2 Å². The van der Waals surface area contributed by atoms with Crippen LogP contribution in [0, 0.1) is 0 Å². The number of aromatic carboxylic acids is 1. The lowest BCUT2D eigenvalue weighted by molar-refractivity contribution is -0.255. The quantitative estimate of drug-likeness (QED) is 0.758. The van der Waals surface area contributed by atoms with Crippen molar-refractivity contribution in [2.75, 3.05) is 6.61 Å². The average Bonchev–Trinajstić information content (AvgIpc) is 2.15. The molecule has 5 heteroatoms. The van der Waals surface area contributed by atoms with Gasteiger partial charge in [0, 0.05) is 10.6 Å². The van der Waals surface area contributed by atoms with Crippen molar-refractivity contribution in [3.05, 3.63) is 28.8 Å². The monoisotopic (exact) mass is 227 g/mol. The fourth-order valence-electron chi connectivity index (χ4n) is 0.967. The summed E-state index contributed by atoms with van der Waals surface area (Å²) < 4.78 is 4.99. The van der Waals surface area contributed by atoms with E-state index in [1.165, 1.54) is 25.1 Å². The number of hydrogen-bond donors (Lipinski definition) is 0. The summed E-state index contributed by atoms with van der Waals surface area (Å²) in [6, 6.07) is 4.08. The maximum Gasteiger partial charge on any atom is 0.167 e. The normalized spacial score (nSPS) is 9.73. The number of ether oxygens (including phenoxy) is 1. The first-order chi connectivity index (χ1) is 7.00. The van der Waals surface area contributed by atoms with Crippen LogP contribution in [0.3, 0.4) is 0 Å². The average molecular weight is 228 g/mol. The molecule has 1 aromatic rings. The third kappa shape index (κ3) is 3.25. The molecule has 0 atom stereocenters. The molecular weight excluding hydrogens is 220 g/mol. The number of carboxylic acids is 1. The minimum Gasteiger partial charge on any atom is -0.545 e. The van der Waals surface area contributed by atoms with E-state index in [-0.39, 0.29) is 28.7 Å². The highest BCUT2D eigenvalue weighted by Crippen LogP contribution is 2.22. The van der Waals surface area contributed by atoms with E-state index in [4.69, 9.17) is 16.3 Å². The zero-order chi connectivity index (χ0) is 11.4. The second kappa shape index (κ2) is 4.79. The summed E-state index contributed by atoms with van der Waals surface area (Å²) in [7, 11) is 0. The molecule has 0 unspecified atom stereocenters. The van der Waals surface area contributed by atoms with Crippen molar-refractivity contribution in [2.24, 2.45) is 0 Å². The van der Waals surface area contributed by atoms with Crippen LogP contribution in [0.2, 0.25) is 5.02 Å². The van der Waals surface area contributed by atoms with E-state index in [9.17, 15) is 14.7 Å². The lowest BCUT2D eigenvalue weighted by Gasteiger charge is -2.11. The van der Waals surface area contributed by atoms with Gasteiger partial charge >= 0.3 is 0 Å². The summed E-state index contributed by atoms with van der Waals surface area (Å²) in [4.78, 5) is 21.3. The molecule has 0 bridgehead atoms. The summed E-state index contributed by atoms with van der Waals surface area (Å²) in [5, 5.41) is 11.0. The van der Waals surface area contributed by atoms with Gasteiger partial charge in [-0.05, 0) is 25.1 Å². The van der Waals surface area contributed by atoms with E-state index in [1.54, 1.807) is 0 Å². The highest BCUT2D eigenvalue weighted by Gasteiger charge is 2.06. The highest BCUT2D eigenvalue weighted by atomic mass is 35.5. The Bertz CT molecular complexity index is 400. The Morgan fingerprint density at radius 2 is 2.13 bits per heavy atom. The Balaban J connectivity index is 2.95. The smallest absolute Gasteiger partial charge is 0.167 e. The van der Waals surface area contributed by atoms with E-state index in [0.717, 1.165) is 0 Å². The maximum absolute atomic E-state index is 10.7. The molecule has 0 fully saturated rings. The van der Waals surface area contributed by atoms with Gasteiger partial charge in [0.1, 0.15) is 12.4 Å². The predicted molar refractivity (Wildman–Crippen MR) is 52.0 cm³/mol. The Hall–Kier alpha value is -1.55. The predicted octanol–water partition coefficient (Wildman–Crippen LogP) is 0.671. The first-order valence-electron chi connectivity index (χ1n) is 4.14. The van der Waals surface area contributed by atoms with Gasteiger partial charge in [-0.1, -0.05) is 11.6 Å². The van der Waals surface area contributed by atoms with Crippen molar-refractivity contribution in [3.8, 4) is 5.75 Å². The fraction of sp³-hybridized carbons (Fsp3) is 0.200. The van der Waals surface area contributed by atoms with Gasteiger partial charge in [0.05, 0.1) is 5.97 Å². The van der Waals surface area contributed by atoms with E-state index >= 15 is 0 Å². The number of halogens is 1. The third-order valence-electron chi connectivity index (χ3n) is 1.59. The molecule has 0 amide bonds. The molecule has 0 aromatic heterocycles. The fourth-order valence-corrected chi connectivity index (χ4v) is 1.14. The zero-order valence-corrected chi connectivity index (χ0v) is 8.71. The number of benzene rings is 1. The van der Waals surface area contributed by atoms with E-state index in [1.807, 2.05) is 0 Å². The van der Waals surface area contributed by atoms with Gasteiger partial charge in [-0.25, -0.2) is 0 Å². The lowest BCUT2D eigenvalue weighted by Crippen LogP contribution is -2.23. The number of ketones is 1. The molecule has 0 heterocycles. The first-order valence-corrected chi connectivity index (χ1v) is 4.51. The van der Waals surface area contributed by atoms with Gasteiger partial charge in [0.2, 0.25) is 0 Å². The largest absolute Gasteiger partial charge is 0.545 e. The van der Waals surface area contributed by atoms with E-state index in [2.05, 4.69) is 0 Å². The highest BCUT2D eigenvalue weighted by molar-refractivity contribution is 6.31. The minimum atomic E-state index is -1.39. The Morgan fingerprint density at radius 1 is 1.47 bits per heavy atom. The number of Topliss-reactive ketones (excluding diaryl/α,β-unsaturated/α-hetero) is 1. The third-order valence-corrected chi connectivity index (χ3v) is 1.83. The van der Waals surface area contributed by atoms with Crippen LogP contribution in [0.1, 0.15) is 17.3 Å². The van der Waals surface area contributed by atoms with Crippen LogP contribution < -0.4 is 9.84 Å². The standard InChI is InChI=1S/C10H9ClO4/c1-6(12)5-15-9-3-2-7(11)4-8(9)10(13)14/h2-4H,5H2,1H3,(H,13,14)/p-1. The molecule has 0 spiro atoms. The molecule has 0 aliphatic rings. The molecule has 0 saturated heterocycles. The molecule has 1 rings (SSSR count). The summed E-state index contributed by atoms with van der Waals surface area (Å²) in [6.07, 6.45) is 0. The number of carboxylic acid groups (broad SMARTS) is 1. The molecule has 80 valence electrons. The van der Waals surface area contributed by atoms with Crippen molar-refractivity contribution in [2.45, 2.75) is 6.92 Å². The van der Waals surface area contributed by atoms with Crippen molar-refractivity contribution in [3.63, 3.8) is 0 Å². The number of rotatable bonds is 4. The minimum absolute atomic E-state index is 0.0783. The van der Waals surface area contributed by atoms with Crippen molar-refractivity contribution in [1.29, 1.82) is 0 Å². The first kappa shape index (κ1) is 11.5. The second-order valence-electron chi connectivity index (χ2n) is 2.92. The SMILES string of the molecule is CC(=O)COc1ccc(Cl)cc1C(=O)[O-]. The van der Waals surface area contributed by atoms with Crippen LogP contribution in [-0.2, 0) is 4.79 Å². The van der Waals surface area contributed by atoms with Crippen LogP contribution >= 0.6 is 11.6 Å². The summed E-state index contributed by atoms with van der Waals surface area (Å²) in [5.74, 6) is -1.51. The Kier molecular flexibility index (Phi) is 3.68. The van der Waals surface area contributed by atoms with Gasteiger partial charge in [-0.2, -0.15) is 0 Å². The van der Waals surface area contributed by atoms with Crippen molar-refractivity contribution >= 4 is 23.4 Å². The van der Waals surface area contributed by atoms with Gasteiger partial charge in [0.25, 0.3) is 0 Å². The van der Waals surface area contributed by atoms with Gasteiger partial charge in [-0.3, -0.25) is 4.79 Å². The molecule has 0 radical (unpaired) electrons. The van der Waals surface area contributed by atoms with Crippen LogP contribution in [0.25, 0.3) is 0 Å². The number of carbonyl (C=O) groups is 2. The molecule has 15 heavy (non-hydrogen) atoms. The molecule has 1 aromatic carbocycles. The lowest BCUT2D eigenvalue weighted by atomic mass is 10.2. The van der Waals surface area contributed by atoms with E-state index < -0.39 is 5.97 Å². The van der Waals surface area contributed by atoms with Crippen molar-refractivity contribution in [1.82, 2.24) is 0 Å². The van der Waals surface area contributed by atoms with Gasteiger partial charge in [-0.15, -0.1) is 0 Å². The summed E-state index contributed by atoms with van der Waals surface area (Å²) >= 11 is 5.61. The van der Waals surface area contributed by atoms with Gasteiger partial charge < -0.3 is 14.6 Å². The van der Waals surface area contributed by atoms with E-state index in [0.29, 0.717) is 0 Å². The molecule has 0 aliphatic carbocycles. The molecular formula is C10H8ClO4-. The Morgan fingerprint density at radius 3 is 2.67 bits per heavy atom. The van der Waals surface area contributed by atoms with Crippen LogP contribution in [-0.4, -0.2) is 18.4 Å². The summed E-state index contributed by atoms with van der Waals surface area (Å²) in [5.41, 5.74) is -0.163. The zero-order valence-electron chi connectivity index (χ0n) is 7.95. The van der Waals surface area contributed by atoms with Gasteiger partial charge in [0.15, 0.2) is 5.78 Å². The second-order valence-corrected chi connectivity index (χ2v) is 3.36. The topological polar surface area (TPSA) is 66.4 Å². The summed E-state index contributed by atoms with van der Waals surface area (Å²) in [6.45, 7) is 1.16. The van der Waals surface area contributed by atoms with Crippen LogP contribution in [0.5, 0.6) is 5.75 Å². The molecule has 0 aliphatic heterocycles. The Labute approximate surface area is 91.4 Å². The number of carbonyl (C=O) groups excluding carboxylic acids is 2. The maximum atomic E-state index is 10.7. The van der Waals surface area contributed by atoms with Crippen LogP contribution in [0.4, 0.5) is 0 Å². The molecule has 0 saturated carbocycles. The number of hydrogen-bond acceptors (Lipinski definition) is 4. The van der Waals surface area contributed by atoms with Crippen molar-refractivity contribution < 1.29 is 19.4 Å². The molecule has 0 N–H and O–H groups in total. The molecule has 4 nitrogen and oxygen atoms in total.